The lowest BCUT2D eigenvalue weighted by Crippen LogP contribution is -2.12. The molecule has 0 saturated carbocycles. The van der Waals surface area contributed by atoms with Crippen molar-refractivity contribution in [2.24, 2.45) is 5.14 Å². The van der Waals surface area contributed by atoms with Gasteiger partial charge in [-0.15, -0.1) is 0 Å². The Morgan fingerprint density at radius 1 is 1.43 bits per heavy atom. The normalized spacial score (nSPS) is 11.3. The molecule has 1 aromatic carbocycles. The van der Waals surface area contributed by atoms with Gasteiger partial charge in [-0.3, -0.25) is 4.79 Å². The number of primary sulfonamides is 1. The van der Waals surface area contributed by atoms with Gasteiger partial charge in [0.2, 0.25) is 10.0 Å². The van der Waals surface area contributed by atoms with E-state index < -0.39 is 10.0 Å². The van der Waals surface area contributed by atoms with E-state index in [4.69, 9.17) is 5.14 Å². The van der Waals surface area contributed by atoms with Crippen LogP contribution in [0, 0.1) is 0 Å². The van der Waals surface area contributed by atoms with Crippen molar-refractivity contribution in [2.75, 3.05) is 0 Å². The summed E-state index contributed by atoms with van der Waals surface area (Å²) in [4.78, 5) is 10.8. The van der Waals surface area contributed by atoms with Gasteiger partial charge in [0.1, 0.15) is 5.78 Å². The molecule has 0 atom stereocenters. The Bertz CT molecular complexity index is 451. The fourth-order valence-corrected chi connectivity index (χ4v) is 1.70. The first kappa shape index (κ1) is 10.9. The highest BCUT2D eigenvalue weighted by Crippen LogP contribution is 2.10. The summed E-state index contributed by atoms with van der Waals surface area (Å²) in [5.41, 5.74) is 0.657. The average molecular weight is 213 g/mol. The van der Waals surface area contributed by atoms with E-state index in [-0.39, 0.29) is 17.1 Å². The van der Waals surface area contributed by atoms with Gasteiger partial charge >= 0.3 is 0 Å². The number of sulfonamides is 1. The van der Waals surface area contributed by atoms with E-state index in [9.17, 15) is 13.2 Å². The molecule has 2 N–H and O–H groups in total. The van der Waals surface area contributed by atoms with Crippen molar-refractivity contribution in [3.05, 3.63) is 29.8 Å². The van der Waals surface area contributed by atoms with E-state index in [0.717, 1.165) is 0 Å². The molecule has 5 heteroatoms. The number of Topliss-reactive ketones (excluding diaryl/α,β-unsaturated/α-hetero) is 1. The molecule has 0 aliphatic rings. The van der Waals surface area contributed by atoms with Gasteiger partial charge in [-0.1, -0.05) is 12.1 Å². The first-order valence-corrected chi connectivity index (χ1v) is 5.55. The molecule has 1 aromatic rings. The second-order valence-corrected chi connectivity index (χ2v) is 4.63. The molecule has 0 radical (unpaired) electrons. The van der Waals surface area contributed by atoms with Crippen LogP contribution in [0.4, 0.5) is 0 Å². The number of nitrogens with two attached hydrogens (primary N) is 1. The summed E-state index contributed by atoms with van der Waals surface area (Å²) in [7, 11) is -3.67. The Morgan fingerprint density at radius 3 is 2.57 bits per heavy atom. The number of benzene rings is 1. The molecule has 0 spiro atoms. The van der Waals surface area contributed by atoms with Crippen molar-refractivity contribution >= 4 is 15.8 Å². The lowest BCUT2D eigenvalue weighted by molar-refractivity contribution is -0.116. The maximum absolute atomic E-state index is 11.0. The Labute approximate surface area is 82.8 Å². The molecule has 0 aliphatic heterocycles. The van der Waals surface area contributed by atoms with E-state index in [1.807, 2.05) is 0 Å². The highest BCUT2D eigenvalue weighted by molar-refractivity contribution is 7.89. The third-order valence-corrected chi connectivity index (χ3v) is 2.59. The molecule has 4 nitrogen and oxygen atoms in total. The Balaban J connectivity index is 3.08. The quantitative estimate of drug-likeness (QED) is 0.792. The number of carbonyl (C=O) groups excluding carboxylic acids is 1. The minimum atomic E-state index is -3.67. The summed E-state index contributed by atoms with van der Waals surface area (Å²) >= 11 is 0. The van der Waals surface area contributed by atoms with E-state index in [1.54, 1.807) is 12.1 Å². The van der Waals surface area contributed by atoms with Gasteiger partial charge in [-0.05, 0) is 24.6 Å². The summed E-state index contributed by atoms with van der Waals surface area (Å²) in [6.07, 6.45) is 0.226. The van der Waals surface area contributed by atoms with Crippen LogP contribution in [0.5, 0.6) is 0 Å². The van der Waals surface area contributed by atoms with Crippen LogP contribution in [0.2, 0.25) is 0 Å². The van der Waals surface area contributed by atoms with Crippen molar-refractivity contribution in [2.45, 2.75) is 18.2 Å². The van der Waals surface area contributed by atoms with Crippen molar-refractivity contribution in [1.82, 2.24) is 0 Å². The molecule has 0 aliphatic carbocycles. The number of rotatable bonds is 3. The Kier molecular flexibility index (Phi) is 3.03. The third-order valence-electron chi connectivity index (χ3n) is 1.68. The zero-order chi connectivity index (χ0) is 10.8. The molecule has 14 heavy (non-hydrogen) atoms. The van der Waals surface area contributed by atoms with Gasteiger partial charge in [0.15, 0.2) is 0 Å². The van der Waals surface area contributed by atoms with E-state index >= 15 is 0 Å². The molecular weight excluding hydrogens is 202 g/mol. The zero-order valence-corrected chi connectivity index (χ0v) is 8.54. The topological polar surface area (TPSA) is 77.2 Å². The largest absolute Gasteiger partial charge is 0.300 e. The molecule has 0 heterocycles. The van der Waals surface area contributed by atoms with Gasteiger partial charge in [0, 0.05) is 6.42 Å². The smallest absolute Gasteiger partial charge is 0.238 e. The summed E-state index contributed by atoms with van der Waals surface area (Å²) in [5.74, 6) is -0.0171. The van der Waals surface area contributed by atoms with E-state index in [0.29, 0.717) is 5.56 Å². The second-order valence-electron chi connectivity index (χ2n) is 3.07. The minimum absolute atomic E-state index is 0.0171. The predicted octanol–water partition coefficient (Wildman–Crippen LogP) is 0.466. The SMILES string of the molecule is CC(=O)Cc1cccc(S(N)(=O)=O)c1. The van der Waals surface area contributed by atoms with Crippen molar-refractivity contribution < 1.29 is 13.2 Å². The van der Waals surface area contributed by atoms with Crippen LogP contribution >= 0.6 is 0 Å². The monoisotopic (exact) mass is 213 g/mol. The van der Waals surface area contributed by atoms with E-state index in [2.05, 4.69) is 0 Å². The van der Waals surface area contributed by atoms with Crippen LogP contribution < -0.4 is 5.14 Å². The molecule has 1 rings (SSSR count). The molecule has 0 saturated heterocycles. The van der Waals surface area contributed by atoms with Crippen LogP contribution in [0.25, 0.3) is 0 Å². The second kappa shape index (κ2) is 3.89. The Morgan fingerprint density at radius 2 is 2.07 bits per heavy atom. The predicted molar refractivity (Wildman–Crippen MR) is 52.2 cm³/mol. The number of hydrogen-bond donors (Lipinski definition) is 1. The summed E-state index contributed by atoms with van der Waals surface area (Å²) in [6.45, 7) is 1.45. The Hall–Kier alpha value is -1.20. The van der Waals surface area contributed by atoms with Crippen LogP contribution in [-0.2, 0) is 21.2 Å². The molecule has 0 aromatic heterocycles. The van der Waals surface area contributed by atoms with Gasteiger partial charge in [-0.25, -0.2) is 13.6 Å². The van der Waals surface area contributed by atoms with Gasteiger partial charge in [0.05, 0.1) is 4.90 Å². The van der Waals surface area contributed by atoms with Crippen LogP contribution in [0.15, 0.2) is 29.2 Å². The molecular formula is C9H11NO3S. The highest BCUT2D eigenvalue weighted by Gasteiger charge is 2.08. The molecule has 0 unspecified atom stereocenters. The molecule has 0 bridgehead atoms. The summed E-state index contributed by atoms with van der Waals surface area (Å²) in [5, 5.41) is 4.94. The van der Waals surface area contributed by atoms with Crippen LogP contribution in [-0.4, -0.2) is 14.2 Å². The maximum atomic E-state index is 11.0. The lowest BCUT2D eigenvalue weighted by atomic mass is 10.1. The van der Waals surface area contributed by atoms with Crippen LogP contribution in [0.1, 0.15) is 12.5 Å². The lowest BCUT2D eigenvalue weighted by Gasteiger charge is -2.01. The molecule has 0 fully saturated rings. The first-order chi connectivity index (χ1) is 6.39. The van der Waals surface area contributed by atoms with Crippen molar-refractivity contribution in [3.8, 4) is 0 Å². The fraction of sp³-hybridized carbons (Fsp3) is 0.222. The zero-order valence-electron chi connectivity index (χ0n) is 7.73. The maximum Gasteiger partial charge on any atom is 0.238 e. The fourth-order valence-electron chi connectivity index (χ4n) is 1.12. The van der Waals surface area contributed by atoms with Crippen molar-refractivity contribution in [3.63, 3.8) is 0 Å². The average Bonchev–Trinajstić information content (AvgIpc) is 2.01. The summed E-state index contributed by atoms with van der Waals surface area (Å²) < 4.78 is 21.9. The van der Waals surface area contributed by atoms with Crippen LogP contribution in [0.3, 0.4) is 0 Å². The number of hydrogen-bond acceptors (Lipinski definition) is 3. The molecule has 76 valence electrons. The van der Waals surface area contributed by atoms with Gasteiger partial charge in [-0.2, -0.15) is 0 Å². The molecule has 0 amide bonds. The minimum Gasteiger partial charge on any atom is -0.300 e. The van der Waals surface area contributed by atoms with Gasteiger partial charge in [0.25, 0.3) is 0 Å². The number of carbonyl (C=O) groups is 1. The van der Waals surface area contributed by atoms with E-state index in [1.165, 1.54) is 19.1 Å². The summed E-state index contributed by atoms with van der Waals surface area (Å²) in [6, 6.07) is 6.07. The van der Waals surface area contributed by atoms with Gasteiger partial charge < -0.3 is 0 Å². The third kappa shape index (κ3) is 2.93. The number of ketones is 1. The van der Waals surface area contributed by atoms with Crippen molar-refractivity contribution in [1.29, 1.82) is 0 Å². The standard InChI is InChI=1S/C9H11NO3S/c1-7(11)5-8-3-2-4-9(6-8)14(10,12)13/h2-4,6H,5H2,1H3,(H2,10,12,13). The highest BCUT2D eigenvalue weighted by atomic mass is 32.2. The first-order valence-electron chi connectivity index (χ1n) is 4.01.